The van der Waals surface area contributed by atoms with E-state index in [0.717, 1.165) is 5.69 Å². The van der Waals surface area contributed by atoms with Crippen LogP contribution < -0.4 is 11.1 Å². The van der Waals surface area contributed by atoms with Gasteiger partial charge in [0, 0.05) is 17.3 Å². The molecule has 116 valence electrons. The molecule has 1 aliphatic rings. The van der Waals surface area contributed by atoms with Gasteiger partial charge in [0.25, 0.3) is 0 Å². The van der Waals surface area contributed by atoms with Crippen LogP contribution in [0.15, 0.2) is 23.2 Å². The lowest BCUT2D eigenvalue weighted by molar-refractivity contribution is 0.104. The zero-order chi connectivity index (χ0) is 15.6. The zero-order valence-corrected chi connectivity index (χ0v) is 13.1. The topological polar surface area (TPSA) is 59.6 Å². The number of aliphatic imine (C=N–C) groups is 1. The summed E-state index contributed by atoms with van der Waals surface area (Å²) in [5, 5.41) is 3.39. The molecule has 1 aromatic carbocycles. The standard InChI is InChI=1S/C16H24FN3O/c1-10(2)11(3)19-12-5-6-14(17)13(7-12)16(4)9-21-8-15(18)20-16/h5-7,10-11,19H,8-9H2,1-4H3,(H2,18,20). The van der Waals surface area contributed by atoms with Crippen molar-refractivity contribution in [3.8, 4) is 0 Å². The van der Waals surface area contributed by atoms with E-state index >= 15 is 0 Å². The van der Waals surface area contributed by atoms with E-state index in [1.165, 1.54) is 6.07 Å². The van der Waals surface area contributed by atoms with Crippen molar-refractivity contribution in [2.75, 3.05) is 18.5 Å². The Bertz CT molecular complexity index is 544. The Morgan fingerprint density at radius 1 is 1.38 bits per heavy atom. The molecule has 0 bridgehead atoms. The van der Waals surface area contributed by atoms with Gasteiger partial charge in [-0.2, -0.15) is 0 Å². The number of anilines is 1. The SMILES string of the molecule is CC(C)C(C)Nc1ccc(F)c(C2(C)COCC(N)=N2)c1. The summed E-state index contributed by atoms with van der Waals surface area (Å²) in [6.45, 7) is 8.86. The van der Waals surface area contributed by atoms with Crippen molar-refractivity contribution in [1.82, 2.24) is 0 Å². The average molecular weight is 293 g/mol. The second kappa shape index (κ2) is 6.02. The van der Waals surface area contributed by atoms with Crippen molar-refractivity contribution < 1.29 is 9.13 Å². The summed E-state index contributed by atoms with van der Waals surface area (Å²) in [6, 6.07) is 5.32. The van der Waals surface area contributed by atoms with Crippen molar-refractivity contribution in [2.45, 2.75) is 39.3 Å². The average Bonchev–Trinajstić information content (AvgIpc) is 2.40. The van der Waals surface area contributed by atoms with Crippen molar-refractivity contribution in [2.24, 2.45) is 16.6 Å². The van der Waals surface area contributed by atoms with Crippen LogP contribution in [0, 0.1) is 11.7 Å². The van der Waals surface area contributed by atoms with Crippen LogP contribution in [0.4, 0.5) is 10.1 Å². The van der Waals surface area contributed by atoms with E-state index in [4.69, 9.17) is 10.5 Å². The molecule has 0 aliphatic carbocycles. The number of halogens is 1. The van der Waals surface area contributed by atoms with Gasteiger partial charge in [-0.3, -0.25) is 4.99 Å². The molecule has 21 heavy (non-hydrogen) atoms. The molecule has 0 amide bonds. The lowest BCUT2D eigenvalue weighted by atomic mass is 9.91. The Hall–Kier alpha value is -1.62. The Labute approximate surface area is 125 Å². The number of nitrogens with one attached hydrogen (secondary N) is 1. The summed E-state index contributed by atoms with van der Waals surface area (Å²) in [4.78, 5) is 4.40. The highest BCUT2D eigenvalue weighted by Crippen LogP contribution is 2.32. The van der Waals surface area contributed by atoms with Crippen LogP contribution in [-0.2, 0) is 10.3 Å². The van der Waals surface area contributed by atoms with Crippen molar-refractivity contribution in [3.63, 3.8) is 0 Å². The Kier molecular flexibility index (Phi) is 4.52. The summed E-state index contributed by atoms with van der Waals surface area (Å²) >= 11 is 0. The molecule has 5 heteroatoms. The van der Waals surface area contributed by atoms with E-state index in [9.17, 15) is 4.39 Å². The van der Waals surface area contributed by atoms with Crippen LogP contribution in [0.3, 0.4) is 0 Å². The molecule has 1 heterocycles. The molecule has 0 saturated heterocycles. The van der Waals surface area contributed by atoms with Gasteiger partial charge in [-0.15, -0.1) is 0 Å². The predicted octanol–water partition coefficient (Wildman–Crippen LogP) is 2.88. The summed E-state index contributed by atoms with van der Waals surface area (Å²) in [7, 11) is 0. The maximum atomic E-state index is 14.2. The molecule has 2 unspecified atom stereocenters. The van der Waals surface area contributed by atoms with Gasteiger partial charge in [-0.1, -0.05) is 13.8 Å². The monoisotopic (exact) mass is 293 g/mol. The number of hydrogen-bond donors (Lipinski definition) is 2. The third kappa shape index (κ3) is 3.53. The van der Waals surface area contributed by atoms with Crippen LogP contribution in [0.2, 0.25) is 0 Å². The van der Waals surface area contributed by atoms with Gasteiger partial charge in [0.2, 0.25) is 0 Å². The predicted molar refractivity (Wildman–Crippen MR) is 84.1 cm³/mol. The molecule has 0 fully saturated rings. The van der Waals surface area contributed by atoms with Crippen LogP contribution in [-0.4, -0.2) is 25.1 Å². The minimum absolute atomic E-state index is 0.290. The van der Waals surface area contributed by atoms with Crippen LogP contribution in [0.25, 0.3) is 0 Å². The van der Waals surface area contributed by atoms with Gasteiger partial charge in [0.05, 0.1) is 6.61 Å². The van der Waals surface area contributed by atoms with E-state index < -0.39 is 5.54 Å². The van der Waals surface area contributed by atoms with Gasteiger partial charge in [-0.25, -0.2) is 4.39 Å². The summed E-state index contributed by atoms with van der Waals surface area (Å²) in [5.74, 6) is 0.597. The Balaban J connectivity index is 2.33. The second-order valence-corrected chi connectivity index (χ2v) is 6.24. The second-order valence-electron chi connectivity index (χ2n) is 6.24. The van der Waals surface area contributed by atoms with Crippen LogP contribution in [0.5, 0.6) is 0 Å². The number of hydrogen-bond acceptors (Lipinski definition) is 4. The van der Waals surface area contributed by atoms with Gasteiger partial charge in [-0.05, 0) is 38.0 Å². The maximum Gasteiger partial charge on any atom is 0.129 e. The molecule has 1 aliphatic heterocycles. The van der Waals surface area contributed by atoms with Gasteiger partial charge < -0.3 is 15.8 Å². The number of nitrogens with zero attached hydrogens (tertiary/aromatic N) is 1. The summed E-state index contributed by atoms with van der Waals surface area (Å²) in [6.07, 6.45) is 0. The van der Waals surface area contributed by atoms with E-state index in [1.54, 1.807) is 12.1 Å². The fourth-order valence-corrected chi connectivity index (χ4v) is 2.33. The van der Waals surface area contributed by atoms with Crippen LogP contribution in [0.1, 0.15) is 33.3 Å². The highest BCUT2D eigenvalue weighted by atomic mass is 19.1. The molecular formula is C16H24FN3O. The number of benzene rings is 1. The highest BCUT2D eigenvalue weighted by molar-refractivity contribution is 5.82. The van der Waals surface area contributed by atoms with E-state index in [2.05, 4.69) is 31.1 Å². The van der Waals surface area contributed by atoms with Crippen molar-refractivity contribution in [1.29, 1.82) is 0 Å². The number of rotatable bonds is 4. The normalized spacial score (nSPS) is 23.8. The Morgan fingerprint density at radius 3 is 2.71 bits per heavy atom. The zero-order valence-electron chi connectivity index (χ0n) is 13.1. The van der Waals surface area contributed by atoms with Crippen molar-refractivity contribution >= 4 is 11.5 Å². The minimum Gasteiger partial charge on any atom is -0.386 e. The Morgan fingerprint density at radius 2 is 2.10 bits per heavy atom. The van der Waals surface area contributed by atoms with E-state index in [1.807, 2.05) is 6.92 Å². The first-order valence-corrected chi connectivity index (χ1v) is 7.30. The molecule has 2 atom stereocenters. The largest absolute Gasteiger partial charge is 0.386 e. The van der Waals surface area contributed by atoms with Gasteiger partial charge in [0.15, 0.2) is 0 Å². The molecule has 0 saturated carbocycles. The quantitative estimate of drug-likeness (QED) is 0.897. The number of nitrogens with two attached hydrogens (primary N) is 1. The fraction of sp³-hybridized carbons (Fsp3) is 0.562. The molecule has 3 N–H and O–H groups in total. The first-order valence-electron chi connectivity index (χ1n) is 7.30. The van der Waals surface area contributed by atoms with E-state index in [-0.39, 0.29) is 5.82 Å². The lowest BCUT2D eigenvalue weighted by Crippen LogP contribution is -2.38. The first kappa shape index (κ1) is 15.8. The molecular weight excluding hydrogens is 269 g/mol. The number of amidine groups is 1. The molecule has 1 aromatic rings. The molecule has 0 spiro atoms. The fourth-order valence-electron chi connectivity index (χ4n) is 2.33. The third-order valence-corrected chi connectivity index (χ3v) is 3.96. The maximum absolute atomic E-state index is 14.2. The van der Waals surface area contributed by atoms with E-state index in [0.29, 0.717) is 36.6 Å². The molecule has 0 radical (unpaired) electrons. The highest BCUT2D eigenvalue weighted by Gasteiger charge is 2.32. The lowest BCUT2D eigenvalue weighted by Gasteiger charge is -2.31. The first-order chi connectivity index (χ1) is 9.82. The molecule has 4 nitrogen and oxygen atoms in total. The van der Waals surface area contributed by atoms with Gasteiger partial charge in [0.1, 0.15) is 23.8 Å². The van der Waals surface area contributed by atoms with Crippen molar-refractivity contribution in [3.05, 3.63) is 29.6 Å². The molecule has 0 aromatic heterocycles. The summed E-state index contributed by atoms with van der Waals surface area (Å²) < 4.78 is 19.7. The number of ether oxygens (including phenoxy) is 1. The minimum atomic E-state index is -0.773. The van der Waals surface area contributed by atoms with Gasteiger partial charge >= 0.3 is 0 Å². The van der Waals surface area contributed by atoms with Crippen LogP contribution >= 0.6 is 0 Å². The summed E-state index contributed by atoms with van der Waals surface area (Å²) in [5.41, 5.74) is 6.36. The third-order valence-electron chi connectivity index (χ3n) is 3.96. The smallest absolute Gasteiger partial charge is 0.129 e. The molecule has 2 rings (SSSR count).